The molecule has 1 aliphatic heterocycles. The van der Waals surface area contributed by atoms with Crippen molar-refractivity contribution in [2.45, 2.75) is 58.0 Å². The lowest BCUT2D eigenvalue weighted by Gasteiger charge is -2.36. The van der Waals surface area contributed by atoms with Gasteiger partial charge in [0.25, 0.3) is 5.91 Å². The Labute approximate surface area is 225 Å². The molecule has 0 radical (unpaired) electrons. The third-order valence-corrected chi connectivity index (χ3v) is 8.71. The Morgan fingerprint density at radius 1 is 1.24 bits per heavy atom. The van der Waals surface area contributed by atoms with Gasteiger partial charge in [0.1, 0.15) is 5.82 Å². The minimum atomic E-state index is -0.272. The van der Waals surface area contributed by atoms with Crippen LogP contribution < -0.4 is 10.2 Å². The normalized spacial score (nSPS) is 24.4. The van der Waals surface area contributed by atoms with Gasteiger partial charge >= 0.3 is 0 Å². The maximum absolute atomic E-state index is 12.9. The zero-order chi connectivity index (χ0) is 26.7. The second-order valence-electron chi connectivity index (χ2n) is 10.8. The summed E-state index contributed by atoms with van der Waals surface area (Å²) in [4.78, 5) is 31.9. The summed E-state index contributed by atoms with van der Waals surface area (Å²) < 4.78 is 1.67. The Hall–Kier alpha value is -3.77. The number of fused-ring (bicyclic) bond motifs is 1. The summed E-state index contributed by atoms with van der Waals surface area (Å²) in [6, 6.07) is 7.33. The van der Waals surface area contributed by atoms with Crippen molar-refractivity contribution in [3.63, 3.8) is 0 Å². The zero-order valence-electron chi connectivity index (χ0n) is 21.5. The van der Waals surface area contributed by atoms with Crippen LogP contribution in [0.3, 0.4) is 0 Å². The molecule has 1 N–H and O–H groups in total. The molecule has 1 unspecified atom stereocenters. The van der Waals surface area contributed by atoms with E-state index in [1.807, 2.05) is 31.7 Å². The number of halogens is 1. The predicted octanol–water partition coefficient (Wildman–Crippen LogP) is 4.08. The van der Waals surface area contributed by atoms with E-state index in [0.29, 0.717) is 16.5 Å². The van der Waals surface area contributed by atoms with Crippen molar-refractivity contribution < 1.29 is 9.59 Å². The summed E-state index contributed by atoms with van der Waals surface area (Å²) in [6.45, 7) is 6.78. The van der Waals surface area contributed by atoms with Gasteiger partial charge in [0, 0.05) is 29.7 Å². The van der Waals surface area contributed by atoms with Crippen molar-refractivity contribution in [3.8, 4) is 6.07 Å². The standard InChI is InChI=1S/C28H28ClN7O2/c1-14-15(2)26(35-12-19-8-23(19)28(35)38)31-11-24(14)16(3)36-13-25(33-34-36)27(37)32-21-6-18(7-21)22-9-20(29)5-4-17(22)10-30/h4-5,9,11,13,16,18-19,21,23H,6-8,12H2,1-3H3,(H,32,37)/t16?,18?,19-,21?,23-/m1/s1. The lowest BCUT2D eigenvalue weighted by Crippen LogP contribution is -2.43. The van der Waals surface area contributed by atoms with Gasteiger partial charge in [-0.1, -0.05) is 16.8 Å². The number of hydrogen-bond donors (Lipinski definition) is 1. The minimum Gasteiger partial charge on any atom is -0.348 e. The van der Waals surface area contributed by atoms with Crippen LogP contribution in [-0.2, 0) is 4.79 Å². The zero-order valence-corrected chi connectivity index (χ0v) is 22.2. The van der Waals surface area contributed by atoms with E-state index in [1.165, 1.54) is 0 Å². The van der Waals surface area contributed by atoms with Crippen LogP contribution in [0.4, 0.5) is 5.82 Å². The van der Waals surface area contributed by atoms with E-state index in [-0.39, 0.29) is 41.4 Å². The fraction of sp³-hybridized carbons (Fsp3) is 0.429. The molecule has 1 aromatic carbocycles. The van der Waals surface area contributed by atoms with E-state index in [4.69, 9.17) is 11.6 Å². The average Bonchev–Trinajstić information content (AvgIpc) is 3.33. The fourth-order valence-corrected chi connectivity index (χ4v) is 5.98. The summed E-state index contributed by atoms with van der Waals surface area (Å²) in [5.74, 6) is 1.52. The molecule has 2 aromatic heterocycles. The highest BCUT2D eigenvalue weighted by Gasteiger charge is 2.53. The van der Waals surface area contributed by atoms with Crippen molar-refractivity contribution in [2.75, 3.05) is 11.4 Å². The van der Waals surface area contributed by atoms with Gasteiger partial charge in [0.15, 0.2) is 5.69 Å². The lowest BCUT2D eigenvalue weighted by atomic mass is 9.74. The molecule has 10 heteroatoms. The number of anilines is 1. The number of rotatable bonds is 6. The van der Waals surface area contributed by atoms with Gasteiger partial charge in [0.2, 0.25) is 5.91 Å². The number of pyridine rings is 1. The van der Waals surface area contributed by atoms with Crippen LogP contribution in [0.2, 0.25) is 5.02 Å². The number of amides is 2. The first kappa shape index (κ1) is 24.6. The van der Waals surface area contributed by atoms with Crippen LogP contribution in [0, 0.1) is 37.0 Å². The maximum atomic E-state index is 12.9. The van der Waals surface area contributed by atoms with Gasteiger partial charge in [-0.25, -0.2) is 9.67 Å². The van der Waals surface area contributed by atoms with Crippen molar-refractivity contribution in [2.24, 2.45) is 11.8 Å². The van der Waals surface area contributed by atoms with Crippen LogP contribution in [0.25, 0.3) is 0 Å². The molecule has 0 bridgehead atoms. The van der Waals surface area contributed by atoms with Crippen molar-refractivity contribution in [3.05, 3.63) is 69.1 Å². The molecule has 1 saturated heterocycles. The van der Waals surface area contributed by atoms with E-state index in [0.717, 1.165) is 53.9 Å². The van der Waals surface area contributed by atoms with E-state index < -0.39 is 0 Å². The molecule has 2 aliphatic carbocycles. The highest BCUT2D eigenvalue weighted by Crippen LogP contribution is 2.47. The first-order valence-corrected chi connectivity index (χ1v) is 13.3. The third-order valence-electron chi connectivity index (χ3n) is 8.47. The van der Waals surface area contributed by atoms with Crippen LogP contribution in [0.5, 0.6) is 0 Å². The molecule has 6 rings (SSSR count). The second-order valence-corrected chi connectivity index (χ2v) is 11.2. The molecule has 3 atom stereocenters. The molecule has 3 aromatic rings. The first-order valence-electron chi connectivity index (χ1n) is 12.9. The molecule has 2 saturated carbocycles. The SMILES string of the molecule is Cc1c(C(C)n2cc(C(=O)NC3CC(c4cc(Cl)ccc4C#N)C3)nn2)cnc(N2C[C@H]3C[C@H]3C2=O)c1C. The van der Waals surface area contributed by atoms with Gasteiger partial charge in [-0.15, -0.1) is 5.10 Å². The number of carbonyl (C=O) groups excluding carboxylic acids is 2. The minimum absolute atomic E-state index is 0.00145. The van der Waals surface area contributed by atoms with Gasteiger partial charge in [0.05, 0.1) is 23.9 Å². The summed E-state index contributed by atoms with van der Waals surface area (Å²) >= 11 is 6.12. The van der Waals surface area contributed by atoms with Gasteiger partial charge in [-0.2, -0.15) is 5.26 Å². The highest BCUT2D eigenvalue weighted by atomic mass is 35.5. The summed E-state index contributed by atoms with van der Waals surface area (Å²) in [7, 11) is 0. The third kappa shape index (κ3) is 4.13. The quantitative estimate of drug-likeness (QED) is 0.514. The molecule has 9 nitrogen and oxygen atoms in total. The largest absolute Gasteiger partial charge is 0.348 e. The Balaban J connectivity index is 1.11. The Kier molecular flexibility index (Phi) is 5.95. The number of nitriles is 1. The lowest BCUT2D eigenvalue weighted by molar-refractivity contribution is -0.118. The smallest absolute Gasteiger partial charge is 0.273 e. The predicted molar refractivity (Wildman–Crippen MR) is 141 cm³/mol. The van der Waals surface area contributed by atoms with Crippen LogP contribution in [-0.4, -0.2) is 44.4 Å². The Morgan fingerprint density at radius 2 is 2.03 bits per heavy atom. The Bertz CT molecular complexity index is 1500. The monoisotopic (exact) mass is 529 g/mol. The van der Waals surface area contributed by atoms with Crippen molar-refractivity contribution in [1.82, 2.24) is 25.3 Å². The number of aromatic nitrogens is 4. The van der Waals surface area contributed by atoms with E-state index in [1.54, 1.807) is 29.2 Å². The molecular formula is C28H28ClN7O2. The Morgan fingerprint density at radius 3 is 2.74 bits per heavy atom. The van der Waals surface area contributed by atoms with Crippen LogP contribution in [0.15, 0.2) is 30.6 Å². The maximum Gasteiger partial charge on any atom is 0.273 e. The number of piperidine rings is 1. The topological polar surface area (TPSA) is 117 Å². The summed E-state index contributed by atoms with van der Waals surface area (Å²) in [5, 5.41) is 21.3. The first-order chi connectivity index (χ1) is 18.2. The van der Waals surface area contributed by atoms with Gasteiger partial charge < -0.3 is 5.32 Å². The fourth-order valence-electron chi connectivity index (χ4n) is 5.80. The number of nitrogens with one attached hydrogen (secondary N) is 1. The molecule has 0 spiro atoms. The molecule has 3 fully saturated rings. The average molecular weight is 530 g/mol. The molecule has 3 aliphatic rings. The molecule has 2 amide bonds. The van der Waals surface area contributed by atoms with Crippen LogP contribution in [0.1, 0.15) is 76.5 Å². The van der Waals surface area contributed by atoms with Crippen molar-refractivity contribution in [1.29, 1.82) is 5.26 Å². The summed E-state index contributed by atoms with van der Waals surface area (Å²) in [6.07, 6.45) is 5.95. The molecule has 3 heterocycles. The number of benzene rings is 1. The number of nitrogens with zero attached hydrogens (tertiary/aromatic N) is 6. The van der Waals surface area contributed by atoms with Gasteiger partial charge in [-0.3, -0.25) is 14.5 Å². The van der Waals surface area contributed by atoms with E-state index in [2.05, 4.69) is 26.7 Å². The highest BCUT2D eigenvalue weighted by molar-refractivity contribution is 6.30. The summed E-state index contributed by atoms with van der Waals surface area (Å²) in [5.41, 5.74) is 4.81. The van der Waals surface area contributed by atoms with Gasteiger partial charge in [-0.05, 0) is 92.3 Å². The second kappa shape index (κ2) is 9.21. The molecule has 194 valence electrons. The van der Waals surface area contributed by atoms with Crippen molar-refractivity contribution >= 4 is 29.2 Å². The molecule has 38 heavy (non-hydrogen) atoms. The number of hydrogen-bond acceptors (Lipinski definition) is 6. The van der Waals surface area contributed by atoms with Crippen LogP contribution >= 0.6 is 11.6 Å². The molecular weight excluding hydrogens is 502 g/mol. The van der Waals surface area contributed by atoms with E-state index >= 15 is 0 Å². The number of carbonyl (C=O) groups is 2. The van der Waals surface area contributed by atoms with E-state index in [9.17, 15) is 14.9 Å².